The van der Waals surface area contributed by atoms with Gasteiger partial charge in [0.2, 0.25) is 5.95 Å². The summed E-state index contributed by atoms with van der Waals surface area (Å²) in [5.41, 5.74) is 1.97. The van der Waals surface area contributed by atoms with Crippen LogP contribution in [-0.2, 0) is 0 Å². The Morgan fingerprint density at radius 1 is 1.03 bits per heavy atom. The number of carbonyl (C=O) groups is 1. The fourth-order valence-electron chi connectivity index (χ4n) is 4.84. The number of nitrogens with zero attached hydrogens (tertiary/aromatic N) is 7. The van der Waals surface area contributed by atoms with Crippen LogP contribution in [0, 0.1) is 31.5 Å². The van der Waals surface area contributed by atoms with Gasteiger partial charge >= 0.3 is 0 Å². The molecule has 5 rings (SSSR count). The van der Waals surface area contributed by atoms with Gasteiger partial charge in [-0.15, -0.1) is 0 Å². The molecule has 0 N–H and O–H groups in total. The van der Waals surface area contributed by atoms with Gasteiger partial charge in [-0.3, -0.25) is 4.79 Å². The van der Waals surface area contributed by atoms with E-state index in [0.717, 1.165) is 24.5 Å². The summed E-state index contributed by atoms with van der Waals surface area (Å²) < 4.78 is 20.1. The summed E-state index contributed by atoms with van der Waals surface area (Å²) in [7, 11) is 1.62. The maximum absolute atomic E-state index is 14.7. The zero-order chi connectivity index (χ0) is 22.4. The largest absolute Gasteiger partial charge is 0.493 e. The van der Waals surface area contributed by atoms with Crippen LogP contribution in [0.1, 0.15) is 21.7 Å². The minimum absolute atomic E-state index is 0.00488. The molecule has 4 heterocycles. The molecule has 0 bridgehead atoms. The van der Waals surface area contributed by atoms with Crippen LogP contribution in [-0.4, -0.2) is 69.1 Å². The Kier molecular flexibility index (Phi) is 4.99. The Hall–Kier alpha value is -3.56. The maximum Gasteiger partial charge on any atom is 0.259 e. The van der Waals surface area contributed by atoms with E-state index in [1.165, 1.54) is 23.3 Å². The smallest absolute Gasteiger partial charge is 0.259 e. The van der Waals surface area contributed by atoms with Gasteiger partial charge in [0.05, 0.1) is 30.9 Å². The highest BCUT2D eigenvalue weighted by molar-refractivity contribution is 5.98. The van der Waals surface area contributed by atoms with Crippen LogP contribution in [0.4, 0.5) is 10.3 Å². The molecule has 2 aliphatic heterocycles. The number of aryl methyl sites for hydroxylation is 2. The number of anilines is 1. The lowest BCUT2D eigenvalue weighted by atomic mass is 10.0. The molecule has 2 aliphatic rings. The first-order valence-electron chi connectivity index (χ1n) is 10.5. The molecule has 2 fully saturated rings. The molecule has 2 aromatic heterocycles. The quantitative estimate of drug-likeness (QED) is 0.617. The molecule has 1 aromatic carbocycles. The summed E-state index contributed by atoms with van der Waals surface area (Å²) in [5, 5.41) is 8.13. The number of methoxy groups -OCH3 is 1. The number of amides is 1. The van der Waals surface area contributed by atoms with E-state index in [1.54, 1.807) is 24.1 Å². The summed E-state index contributed by atoms with van der Waals surface area (Å²) in [6.07, 6.45) is 3.00. The van der Waals surface area contributed by atoms with Crippen molar-refractivity contribution in [3.05, 3.63) is 53.4 Å². The zero-order valence-electron chi connectivity index (χ0n) is 18.2. The van der Waals surface area contributed by atoms with E-state index in [9.17, 15) is 9.18 Å². The second kappa shape index (κ2) is 7.85. The highest BCUT2D eigenvalue weighted by Crippen LogP contribution is 2.35. The Morgan fingerprint density at radius 3 is 2.25 bits per heavy atom. The first-order valence-corrected chi connectivity index (χ1v) is 10.5. The van der Waals surface area contributed by atoms with Crippen molar-refractivity contribution in [2.24, 2.45) is 11.8 Å². The first-order chi connectivity index (χ1) is 15.5. The minimum Gasteiger partial charge on any atom is -0.493 e. The lowest BCUT2D eigenvalue weighted by Crippen LogP contribution is -2.35. The number of rotatable bonds is 4. The van der Waals surface area contributed by atoms with E-state index in [0.29, 0.717) is 30.5 Å². The number of carbonyl (C=O) groups excluding carboxylic acids is 1. The number of fused-ring (bicyclic) bond motifs is 1. The van der Waals surface area contributed by atoms with Crippen molar-refractivity contribution in [1.82, 2.24) is 29.9 Å². The fraction of sp³-hybridized carbons (Fsp3) is 0.409. The van der Waals surface area contributed by atoms with E-state index in [2.05, 4.69) is 25.1 Å². The van der Waals surface area contributed by atoms with E-state index >= 15 is 0 Å². The van der Waals surface area contributed by atoms with E-state index in [4.69, 9.17) is 4.74 Å². The monoisotopic (exact) mass is 437 g/mol. The summed E-state index contributed by atoms with van der Waals surface area (Å²) in [6.45, 7) is 6.46. The van der Waals surface area contributed by atoms with Crippen LogP contribution >= 0.6 is 0 Å². The van der Waals surface area contributed by atoms with Crippen molar-refractivity contribution in [3.63, 3.8) is 0 Å². The molecule has 0 spiro atoms. The molecule has 1 amide bonds. The predicted molar refractivity (Wildman–Crippen MR) is 114 cm³/mol. The third-order valence-electron chi connectivity index (χ3n) is 6.29. The predicted octanol–water partition coefficient (Wildman–Crippen LogP) is 2.03. The highest BCUT2D eigenvalue weighted by atomic mass is 19.1. The number of halogens is 1. The zero-order valence-corrected chi connectivity index (χ0v) is 18.2. The second-order valence-electron chi connectivity index (χ2n) is 8.32. The van der Waals surface area contributed by atoms with E-state index in [1.807, 2.05) is 13.8 Å². The van der Waals surface area contributed by atoms with Gasteiger partial charge in [-0.2, -0.15) is 15.0 Å². The van der Waals surface area contributed by atoms with Crippen LogP contribution < -0.4 is 9.64 Å². The van der Waals surface area contributed by atoms with Gasteiger partial charge in [0.15, 0.2) is 5.75 Å². The third-order valence-corrected chi connectivity index (χ3v) is 6.29. The van der Waals surface area contributed by atoms with Crippen molar-refractivity contribution in [2.75, 3.05) is 38.2 Å². The van der Waals surface area contributed by atoms with Crippen LogP contribution in [0.15, 0.2) is 30.6 Å². The van der Waals surface area contributed by atoms with Gasteiger partial charge in [0.1, 0.15) is 17.1 Å². The molecule has 2 unspecified atom stereocenters. The standard InChI is InChI=1S/C22H24FN7O2/c1-13-20(32-3)14(2)27-22(26-13)29-11-15-9-28(10-16(15)12-29)21(31)19-17(23)5-4-6-18(19)30-24-7-8-25-30/h4-8,15-16H,9-12H2,1-3H3. The molecule has 0 saturated carbocycles. The summed E-state index contributed by atoms with van der Waals surface area (Å²) in [4.78, 5) is 27.7. The minimum atomic E-state index is -0.568. The second-order valence-corrected chi connectivity index (χ2v) is 8.32. The van der Waals surface area contributed by atoms with Crippen LogP contribution in [0.5, 0.6) is 5.75 Å². The maximum atomic E-state index is 14.7. The van der Waals surface area contributed by atoms with Crippen molar-refractivity contribution >= 4 is 11.9 Å². The van der Waals surface area contributed by atoms with E-state index in [-0.39, 0.29) is 23.3 Å². The topological polar surface area (TPSA) is 89.3 Å². The summed E-state index contributed by atoms with van der Waals surface area (Å²) in [5.74, 6) is 1.06. The molecule has 32 heavy (non-hydrogen) atoms. The molecule has 166 valence electrons. The molecular formula is C22H24FN7O2. The average Bonchev–Trinajstić information content (AvgIpc) is 3.49. The highest BCUT2D eigenvalue weighted by Gasteiger charge is 2.43. The Morgan fingerprint density at radius 2 is 1.66 bits per heavy atom. The third kappa shape index (κ3) is 3.35. The number of benzene rings is 1. The van der Waals surface area contributed by atoms with E-state index < -0.39 is 5.82 Å². The molecule has 9 nitrogen and oxygen atoms in total. The van der Waals surface area contributed by atoms with Crippen LogP contribution in [0.25, 0.3) is 5.69 Å². The molecule has 0 radical (unpaired) electrons. The van der Waals surface area contributed by atoms with Crippen molar-refractivity contribution in [2.45, 2.75) is 13.8 Å². The Balaban J connectivity index is 1.33. The average molecular weight is 437 g/mol. The first kappa shape index (κ1) is 20.3. The summed E-state index contributed by atoms with van der Waals surface area (Å²) >= 11 is 0. The van der Waals surface area contributed by atoms with Crippen molar-refractivity contribution < 1.29 is 13.9 Å². The number of hydrogen-bond acceptors (Lipinski definition) is 7. The molecule has 10 heteroatoms. The number of aromatic nitrogens is 5. The van der Waals surface area contributed by atoms with Gasteiger partial charge in [-0.1, -0.05) is 6.07 Å². The number of hydrogen-bond donors (Lipinski definition) is 0. The van der Waals surface area contributed by atoms with Crippen molar-refractivity contribution in [1.29, 1.82) is 0 Å². The molecule has 3 aromatic rings. The van der Waals surface area contributed by atoms with Crippen LogP contribution in [0.3, 0.4) is 0 Å². The van der Waals surface area contributed by atoms with Gasteiger partial charge in [-0.25, -0.2) is 14.4 Å². The van der Waals surface area contributed by atoms with Crippen LogP contribution in [0.2, 0.25) is 0 Å². The number of ether oxygens (including phenoxy) is 1. The number of likely N-dealkylation sites (tertiary alicyclic amines) is 1. The lowest BCUT2D eigenvalue weighted by molar-refractivity contribution is 0.0777. The van der Waals surface area contributed by atoms with Gasteiger partial charge < -0.3 is 14.5 Å². The molecule has 2 saturated heterocycles. The summed E-state index contributed by atoms with van der Waals surface area (Å²) in [6, 6.07) is 4.51. The molecular weight excluding hydrogens is 413 g/mol. The van der Waals surface area contributed by atoms with Crippen molar-refractivity contribution in [3.8, 4) is 11.4 Å². The molecule has 0 aliphatic carbocycles. The normalized spacial score (nSPS) is 20.0. The van der Waals surface area contributed by atoms with Gasteiger partial charge in [-0.05, 0) is 26.0 Å². The Bertz CT molecular complexity index is 1130. The molecule has 2 atom stereocenters. The SMILES string of the molecule is COc1c(C)nc(N2CC3CN(C(=O)c4c(F)cccc4-n4nccn4)CC3C2)nc1C. The fourth-order valence-corrected chi connectivity index (χ4v) is 4.84. The van der Waals surface area contributed by atoms with Gasteiger partial charge in [0.25, 0.3) is 5.91 Å². The lowest BCUT2D eigenvalue weighted by Gasteiger charge is -2.23. The van der Waals surface area contributed by atoms with Gasteiger partial charge in [0, 0.05) is 38.0 Å². The Labute approximate surface area is 184 Å².